The zero-order valence-corrected chi connectivity index (χ0v) is 14.5. The molecule has 0 atom stereocenters. The second-order valence-electron chi connectivity index (χ2n) is 6.89. The van der Waals surface area contributed by atoms with Crippen molar-refractivity contribution in [3.8, 4) is 0 Å². The number of aromatic amines is 1. The largest absolute Gasteiger partial charge is 0.480 e. The summed E-state index contributed by atoms with van der Waals surface area (Å²) in [6.07, 6.45) is 4.23. The third kappa shape index (κ3) is 3.31. The normalized spacial score (nSPS) is 15.2. The summed E-state index contributed by atoms with van der Waals surface area (Å²) in [7, 11) is 0. The summed E-state index contributed by atoms with van der Waals surface area (Å²) in [5.41, 5.74) is 1.63. The van der Waals surface area contributed by atoms with Crippen LogP contribution in [0.15, 0.2) is 23.0 Å². The van der Waals surface area contributed by atoms with Crippen molar-refractivity contribution in [2.45, 2.75) is 51.6 Å². The number of nitrogens with zero attached hydrogens (tertiary/aromatic N) is 2. The first kappa shape index (κ1) is 17.3. The van der Waals surface area contributed by atoms with E-state index in [9.17, 15) is 14.4 Å². The van der Waals surface area contributed by atoms with Crippen molar-refractivity contribution in [1.29, 1.82) is 0 Å². The van der Waals surface area contributed by atoms with Crippen LogP contribution in [0.1, 0.15) is 55.9 Å². The predicted octanol–water partition coefficient (Wildman–Crippen LogP) is 2.38. The Kier molecular flexibility index (Phi) is 4.65. The minimum Gasteiger partial charge on any atom is -0.480 e. The maximum Gasteiger partial charge on any atom is 0.326 e. The second kappa shape index (κ2) is 6.74. The van der Waals surface area contributed by atoms with Crippen molar-refractivity contribution >= 4 is 22.9 Å². The molecule has 1 aliphatic rings. The highest BCUT2D eigenvalue weighted by atomic mass is 16.4. The van der Waals surface area contributed by atoms with E-state index in [1.807, 2.05) is 0 Å². The van der Waals surface area contributed by atoms with Gasteiger partial charge in [0.2, 0.25) is 0 Å². The van der Waals surface area contributed by atoms with Crippen LogP contribution < -0.4 is 5.69 Å². The Labute approximate surface area is 145 Å². The molecule has 0 radical (unpaired) electrons. The lowest BCUT2D eigenvalue weighted by molar-refractivity contribution is -0.138. The van der Waals surface area contributed by atoms with E-state index in [0.717, 1.165) is 31.2 Å². The molecule has 3 rings (SSSR count). The van der Waals surface area contributed by atoms with Gasteiger partial charge in [0.1, 0.15) is 6.54 Å². The molecule has 1 saturated carbocycles. The minimum absolute atomic E-state index is 0.155. The maximum atomic E-state index is 12.7. The minimum atomic E-state index is -1.05. The molecule has 2 aromatic rings. The molecule has 0 unspecified atom stereocenters. The lowest BCUT2D eigenvalue weighted by Crippen LogP contribution is -2.40. The molecule has 0 aliphatic heterocycles. The summed E-state index contributed by atoms with van der Waals surface area (Å²) in [6, 6.07) is 5.06. The van der Waals surface area contributed by atoms with Gasteiger partial charge in [0, 0.05) is 17.6 Å². The highest BCUT2D eigenvalue weighted by Crippen LogP contribution is 2.30. The van der Waals surface area contributed by atoms with Crippen molar-refractivity contribution in [1.82, 2.24) is 14.5 Å². The molecular weight excluding hydrogens is 322 g/mol. The molecule has 1 heterocycles. The number of amides is 1. The zero-order valence-electron chi connectivity index (χ0n) is 14.5. The maximum absolute atomic E-state index is 12.7. The first-order chi connectivity index (χ1) is 11.9. The average molecular weight is 345 g/mol. The first-order valence-electron chi connectivity index (χ1n) is 8.65. The van der Waals surface area contributed by atoms with Crippen LogP contribution in [-0.2, 0) is 4.79 Å². The summed E-state index contributed by atoms with van der Waals surface area (Å²) in [5.74, 6) is -1.40. The number of aromatic nitrogens is 2. The summed E-state index contributed by atoms with van der Waals surface area (Å²) in [6.45, 7) is 3.20. The monoisotopic (exact) mass is 345 g/mol. The SMILES string of the molecule is CC(C)N(CC(=O)O)C(=O)c1ccc2c(c1)[nH]c(=O)n2C1CCCC1. The first-order valence-corrected chi connectivity index (χ1v) is 8.65. The van der Waals surface area contributed by atoms with Gasteiger partial charge in [-0.15, -0.1) is 0 Å². The number of aliphatic carboxylic acids is 1. The van der Waals surface area contributed by atoms with Crippen LogP contribution >= 0.6 is 0 Å². The average Bonchev–Trinajstić information content (AvgIpc) is 3.17. The summed E-state index contributed by atoms with van der Waals surface area (Å²) in [4.78, 5) is 40.1. The van der Waals surface area contributed by atoms with Crippen molar-refractivity contribution in [3.05, 3.63) is 34.2 Å². The van der Waals surface area contributed by atoms with Crippen LogP contribution in [0.3, 0.4) is 0 Å². The van der Waals surface area contributed by atoms with E-state index < -0.39 is 5.97 Å². The molecule has 1 aromatic heterocycles. The number of carbonyl (C=O) groups excluding carboxylic acids is 1. The fourth-order valence-corrected chi connectivity index (χ4v) is 3.59. The Hall–Kier alpha value is -2.57. The fraction of sp³-hybridized carbons (Fsp3) is 0.500. The Balaban J connectivity index is 1.97. The quantitative estimate of drug-likeness (QED) is 0.870. The number of nitrogens with one attached hydrogen (secondary N) is 1. The van der Waals surface area contributed by atoms with Gasteiger partial charge in [0.05, 0.1) is 11.0 Å². The molecule has 25 heavy (non-hydrogen) atoms. The predicted molar refractivity (Wildman–Crippen MR) is 93.9 cm³/mol. The molecule has 7 nitrogen and oxygen atoms in total. The van der Waals surface area contributed by atoms with Gasteiger partial charge in [0.15, 0.2) is 0 Å². The van der Waals surface area contributed by atoms with Crippen molar-refractivity contribution in [2.24, 2.45) is 0 Å². The van der Waals surface area contributed by atoms with Gasteiger partial charge in [-0.2, -0.15) is 0 Å². The van der Waals surface area contributed by atoms with Gasteiger partial charge >= 0.3 is 11.7 Å². The van der Waals surface area contributed by atoms with Crippen LogP contribution in [0.5, 0.6) is 0 Å². The Bertz CT molecular complexity index is 859. The molecule has 134 valence electrons. The topological polar surface area (TPSA) is 95.4 Å². The number of carboxylic acids is 1. The van der Waals surface area contributed by atoms with E-state index in [2.05, 4.69) is 4.98 Å². The molecule has 0 bridgehead atoms. The van der Waals surface area contributed by atoms with Crippen LogP contribution in [0, 0.1) is 0 Å². The lowest BCUT2D eigenvalue weighted by Gasteiger charge is -2.25. The number of imidazole rings is 1. The smallest absolute Gasteiger partial charge is 0.326 e. The molecule has 1 aromatic carbocycles. The van der Waals surface area contributed by atoms with Crippen LogP contribution in [-0.4, -0.2) is 44.0 Å². The van der Waals surface area contributed by atoms with Crippen LogP contribution in [0.25, 0.3) is 11.0 Å². The standard InChI is InChI=1S/C18H23N3O4/c1-11(2)20(10-16(22)23)17(24)12-7-8-15-14(9-12)19-18(25)21(15)13-5-3-4-6-13/h7-9,11,13H,3-6,10H2,1-2H3,(H,19,25)(H,22,23). The van der Waals surface area contributed by atoms with E-state index in [0.29, 0.717) is 11.1 Å². The third-order valence-electron chi connectivity index (χ3n) is 4.84. The van der Waals surface area contributed by atoms with Crippen molar-refractivity contribution < 1.29 is 14.7 Å². The van der Waals surface area contributed by atoms with Crippen LogP contribution in [0.2, 0.25) is 0 Å². The number of benzene rings is 1. The van der Waals surface area contributed by atoms with Gasteiger partial charge in [-0.05, 0) is 44.9 Å². The Morgan fingerprint density at radius 3 is 2.60 bits per heavy atom. The Morgan fingerprint density at radius 1 is 1.32 bits per heavy atom. The third-order valence-corrected chi connectivity index (χ3v) is 4.84. The van der Waals surface area contributed by atoms with Gasteiger partial charge in [-0.1, -0.05) is 12.8 Å². The van der Waals surface area contributed by atoms with E-state index in [4.69, 9.17) is 5.11 Å². The summed E-state index contributed by atoms with van der Waals surface area (Å²) < 4.78 is 1.79. The molecule has 7 heteroatoms. The van der Waals surface area contributed by atoms with E-state index in [1.165, 1.54) is 4.90 Å². The summed E-state index contributed by atoms with van der Waals surface area (Å²) in [5, 5.41) is 9.02. The van der Waals surface area contributed by atoms with E-state index >= 15 is 0 Å². The molecule has 0 saturated heterocycles. The molecule has 0 spiro atoms. The van der Waals surface area contributed by atoms with E-state index in [1.54, 1.807) is 36.6 Å². The van der Waals surface area contributed by atoms with Gasteiger partial charge in [-0.3, -0.25) is 14.2 Å². The van der Waals surface area contributed by atoms with Crippen molar-refractivity contribution in [3.63, 3.8) is 0 Å². The number of rotatable bonds is 5. The fourth-order valence-electron chi connectivity index (χ4n) is 3.59. The number of carboxylic acid groups (broad SMARTS) is 1. The Morgan fingerprint density at radius 2 is 2.00 bits per heavy atom. The zero-order chi connectivity index (χ0) is 18.1. The number of hydrogen-bond acceptors (Lipinski definition) is 3. The van der Waals surface area contributed by atoms with Gasteiger partial charge < -0.3 is 15.0 Å². The summed E-state index contributed by atoms with van der Waals surface area (Å²) >= 11 is 0. The molecule has 1 amide bonds. The van der Waals surface area contributed by atoms with Gasteiger partial charge in [0.25, 0.3) is 5.91 Å². The molecule has 1 aliphatic carbocycles. The second-order valence-corrected chi connectivity index (χ2v) is 6.89. The molecule has 1 fully saturated rings. The van der Waals surface area contributed by atoms with Crippen LogP contribution in [0.4, 0.5) is 0 Å². The lowest BCUT2D eigenvalue weighted by atomic mass is 10.1. The van der Waals surface area contributed by atoms with Gasteiger partial charge in [-0.25, -0.2) is 4.79 Å². The molecular formula is C18H23N3O4. The number of hydrogen-bond donors (Lipinski definition) is 2. The highest BCUT2D eigenvalue weighted by Gasteiger charge is 2.24. The van der Waals surface area contributed by atoms with Crippen molar-refractivity contribution in [2.75, 3.05) is 6.54 Å². The number of H-pyrrole nitrogens is 1. The molecule has 2 N–H and O–H groups in total. The number of carbonyl (C=O) groups is 2. The highest BCUT2D eigenvalue weighted by molar-refractivity contribution is 5.98. The number of fused-ring (bicyclic) bond motifs is 1. The van der Waals surface area contributed by atoms with E-state index in [-0.39, 0.29) is 30.2 Å².